The minimum atomic E-state index is -0.0684. The molecule has 1 atom stereocenters. The summed E-state index contributed by atoms with van der Waals surface area (Å²) in [6, 6.07) is 0. The summed E-state index contributed by atoms with van der Waals surface area (Å²) in [5, 5.41) is 6.92. The lowest BCUT2D eigenvalue weighted by molar-refractivity contribution is 0.0857. The van der Waals surface area contributed by atoms with Crippen molar-refractivity contribution in [3.63, 3.8) is 0 Å². The molecule has 16 heavy (non-hydrogen) atoms. The van der Waals surface area contributed by atoms with E-state index in [9.17, 15) is 4.79 Å². The van der Waals surface area contributed by atoms with Crippen LogP contribution in [-0.4, -0.2) is 34.9 Å². The van der Waals surface area contributed by atoms with Crippen LogP contribution in [0.5, 0.6) is 0 Å². The second-order valence-corrected chi connectivity index (χ2v) is 4.11. The average Bonchev–Trinajstić information content (AvgIpc) is 2.88. The average molecular weight is 223 g/mol. The van der Waals surface area contributed by atoms with Crippen LogP contribution in [0.3, 0.4) is 0 Å². The van der Waals surface area contributed by atoms with Gasteiger partial charge in [-0.15, -0.1) is 0 Å². The van der Waals surface area contributed by atoms with Crippen LogP contribution < -0.4 is 5.32 Å². The first-order valence-corrected chi connectivity index (χ1v) is 5.57. The molecule has 0 saturated carbocycles. The third kappa shape index (κ3) is 2.24. The van der Waals surface area contributed by atoms with Crippen molar-refractivity contribution in [3.8, 4) is 0 Å². The minimum absolute atomic E-state index is 0.0684. The fourth-order valence-electron chi connectivity index (χ4n) is 1.83. The van der Waals surface area contributed by atoms with E-state index in [2.05, 4.69) is 10.4 Å². The number of rotatable bonds is 3. The molecule has 1 fully saturated rings. The van der Waals surface area contributed by atoms with Crippen LogP contribution in [-0.2, 0) is 11.8 Å². The number of amides is 1. The maximum absolute atomic E-state index is 11.8. The molecule has 0 aliphatic carbocycles. The number of nitrogens with zero attached hydrogens (tertiary/aromatic N) is 2. The molecular formula is C11H17N3O2. The van der Waals surface area contributed by atoms with E-state index in [0.717, 1.165) is 25.1 Å². The Morgan fingerprint density at radius 1 is 1.75 bits per heavy atom. The van der Waals surface area contributed by atoms with E-state index in [-0.39, 0.29) is 12.0 Å². The molecule has 1 saturated heterocycles. The van der Waals surface area contributed by atoms with Crippen LogP contribution in [0, 0.1) is 6.92 Å². The zero-order valence-electron chi connectivity index (χ0n) is 9.69. The van der Waals surface area contributed by atoms with Crippen LogP contribution in [0.15, 0.2) is 6.20 Å². The zero-order valence-corrected chi connectivity index (χ0v) is 9.69. The normalized spacial score (nSPS) is 20.0. The van der Waals surface area contributed by atoms with Gasteiger partial charge in [-0.3, -0.25) is 9.48 Å². The monoisotopic (exact) mass is 223 g/mol. The van der Waals surface area contributed by atoms with Gasteiger partial charge in [0, 0.05) is 25.9 Å². The van der Waals surface area contributed by atoms with E-state index in [1.54, 1.807) is 10.9 Å². The third-order valence-electron chi connectivity index (χ3n) is 2.99. The Morgan fingerprint density at radius 3 is 3.12 bits per heavy atom. The Balaban J connectivity index is 1.90. The molecule has 5 heteroatoms. The Kier molecular flexibility index (Phi) is 3.24. The molecule has 0 aromatic carbocycles. The predicted molar refractivity (Wildman–Crippen MR) is 59.3 cm³/mol. The van der Waals surface area contributed by atoms with Crippen LogP contribution in [0.4, 0.5) is 0 Å². The quantitative estimate of drug-likeness (QED) is 0.818. The fraction of sp³-hybridized carbons (Fsp3) is 0.636. The highest BCUT2D eigenvalue weighted by Gasteiger charge is 2.18. The Bertz CT molecular complexity index is 381. The molecule has 1 amide bonds. The second-order valence-electron chi connectivity index (χ2n) is 4.11. The topological polar surface area (TPSA) is 56.1 Å². The molecule has 5 nitrogen and oxygen atoms in total. The van der Waals surface area contributed by atoms with E-state index >= 15 is 0 Å². The second kappa shape index (κ2) is 4.65. The van der Waals surface area contributed by atoms with Crippen LogP contribution in [0.1, 0.15) is 28.9 Å². The standard InChI is InChI=1S/C11H17N3O2/c1-8-10(7-13-14(8)2)11(15)12-6-9-4-3-5-16-9/h7,9H,3-6H2,1-2H3,(H,12,15)/t9-/m0/s1. The molecule has 0 radical (unpaired) electrons. The number of nitrogens with one attached hydrogen (secondary N) is 1. The van der Waals surface area contributed by atoms with E-state index in [0.29, 0.717) is 12.1 Å². The summed E-state index contributed by atoms with van der Waals surface area (Å²) >= 11 is 0. The van der Waals surface area contributed by atoms with Gasteiger partial charge in [-0.1, -0.05) is 0 Å². The molecule has 1 aliphatic heterocycles. The maximum Gasteiger partial charge on any atom is 0.254 e. The van der Waals surface area contributed by atoms with Crippen molar-refractivity contribution in [2.75, 3.05) is 13.2 Å². The Hall–Kier alpha value is -1.36. The predicted octanol–water partition coefficient (Wildman–Crippen LogP) is 0.637. The van der Waals surface area contributed by atoms with Gasteiger partial charge in [-0.05, 0) is 19.8 Å². The molecule has 2 heterocycles. The molecule has 1 aliphatic rings. The van der Waals surface area contributed by atoms with Crippen molar-refractivity contribution in [2.24, 2.45) is 7.05 Å². The summed E-state index contributed by atoms with van der Waals surface area (Å²) in [5.41, 5.74) is 1.52. The van der Waals surface area contributed by atoms with Crippen molar-refractivity contribution in [1.29, 1.82) is 0 Å². The van der Waals surface area contributed by atoms with Gasteiger partial charge in [0.15, 0.2) is 0 Å². The van der Waals surface area contributed by atoms with E-state index in [4.69, 9.17) is 4.74 Å². The highest BCUT2D eigenvalue weighted by molar-refractivity contribution is 5.95. The summed E-state index contributed by atoms with van der Waals surface area (Å²) in [6.45, 7) is 3.29. The van der Waals surface area contributed by atoms with E-state index in [1.807, 2.05) is 14.0 Å². The first-order valence-electron chi connectivity index (χ1n) is 5.57. The molecule has 1 N–H and O–H groups in total. The Labute approximate surface area is 94.8 Å². The fourth-order valence-corrected chi connectivity index (χ4v) is 1.83. The number of aryl methyl sites for hydroxylation is 1. The summed E-state index contributed by atoms with van der Waals surface area (Å²) < 4.78 is 7.13. The van der Waals surface area contributed by atoms with Gasteiger partial charge in [-0.25, -0.2) is 0 Å². The highest BCUT2D eigenvalue weighted by Crippen LogP contribution is 2.11. The van der Waals surface area contributed by atoms with Crippen molar-refractivity contribution < 1.29 is 9.53 Å². The molecule has 1 aromatic heterocycles. The first-order chi connectivity index (χ1) is 7.68. The summed E-state index contributed by atoms with van der Waals surface area (Å²) in [4.78, 5) is 11.8. The molecule has 0 bridgehead atoms. The minimum Gasteiger partial charge on any atom is -0.376 e. The van der Waals surface area contributed by atoms with Gasteiger partial charge in [0.05, 0.1) is 17.9 Å². The van der Waals surface area contributed by atoms with Crippen molar-refractivity contribution >= 4 is 5.91 Å². The molecule has 0 spiro atoms. The van der Waals surface area contributed by atoms with E-state index in [1.165, 1.54) is 0 Å². The lowest BCUT2D eigenvalue weighted by Crippen LogP contribution is -2.31. The van der Waals surface area contributed by atoms with Gasteiger partial charge in [0.25, 0.3) is 5.91 Å². The van der Waals surface area contributed by atoms with Gasteiger partial charge < -0.3 is 10.1 Å². The number of hydrogen-bond acceptors (Lipinski definition) is 3. The molecular weight excluding hydrogens is 206 g/mol. The third-order valence-corrected chi connectivity index (χ3v) is 2.99. The van der Waals surface area contributed by atoms with Crippen LogP contribution >= 0.6 is 0 Å². The number of hydrogen-bond donors (Lipinski definition) is 1. The first kappa shape index (κ1) is 11.1. The van der Waals surface area contributed by atoms with Gasteiger partial charge in [0.1, 0.15) is 0 Å². The van der Waals surface area contributed by atoms with Crippen molar-refractivity contribution in [1.82, 2.24) is 15.1 Å². The van der Waals surface area contributed by atoms with E-state index < -0.39 is 0 Å². The van der Waals surface area contributed by atoms with Crippen LogP contribution in [0.25, 0.3) is 0 Å². The molecule has 2 rings (SSSR count). The maximum atomic E-state index is 11.8. The largest absolute Gasteiger partial charge is 0.376 e. The van der Waals surface area contributed by atoms with Gasteiger partial charge in [-0.2, -0.15) is 5.10 Å². The molecule has 1 aromatic rings. The zero-order chi connectivity index (χ0) is 11.5. The van der Waals surface area contributed by atoms with Gasteiger partial charge >= 0.3 is 0 Å². The summed E-state index contributed by atoms with van der Waals surface area (Å²) in [7, 11) is 1.83. The van der Waals surface area contributed by atoms with Crippen molar-refractivity contribution in [2.45, 2.75) is 25.9 Å². The lowest BCUT2D eigenvalue weighted by atomic mass is 10.2. The lowest BCUT2D eigenvalue weighted by Gasteiger charge is -2.10. The van der Waals surface area contributed by atoms with Gasteiger partial charge in [0.2, 0.25) is 0 Å². The highest BCUT2D eigenvalue weighted by atomic mass is 16.5. The number of ether oxygens (including phenoxy) is 1. The summed E-state index contributed by atoms with van der Waals surface area (Å²) in [5.74, 6) is -0.0684. The number of aromatic nitrogens is 2. The smallest absolute Gasteiger partial charge is 0.254 e. The number of carbonyl (C=O) groups is 1. The SMILES string of the molecule is Cc1c(C(=O)NC[C@@H]2CCCO2)cnn1C. The van der Waals surface area contributed by atoms with Crippen molar-refractivity contribution in [3.05, 3.63) is 17.5 Å². The number of carbonyl (C=O) groups excluding carboxylic acids is 1. The summed E-state index contributed by atoms with van der Waals surface area (Å²) in [6.07, 6.45) is 3.90. The molecule has 0 unspecified atom stereocenters. The Morgan fingerprint density at radius 2 is 2.56 bits per heavy atom. The molecule has 88 valence electrons. The van der Waals surface area contributed by atoms with Crippen LogP contribution in [0.2, 0.25) is 0 Å².